The van der Waals surface area contributed by atoms with Crippen LogP contribution in [0, 0.1) is 11.8 Å². The number of fused-ring (bicyclic) bond motifs is 1. The maximum absolute atomic E-state index is 12.8. The van der Waals surface area contributed by atoms with Crippen LogP contribution in [0.15, 0.2) is 60.8 Å². The van der Waals surface area contributed by atoms with Crippen LogP contribution in [0.4, 0.5) is 4.79 Å². The van der Waals surface area contributed by atoms with Gasteiger partial charge in [0.2, 0.25) is 0 Å². The Hall–Kier alpha value is -3.16. The van der Waals surface area contributed by atoms with Gasteiger partial charge in [0.15, 0.2) is 5.78 Å². The van der Waals surface area contributed by atoms with Gasteiger partial charge >= 0.3 is 6.03 Å². The molecule has 1 saturated carbocycles. The van der Waals surface area contributed by atoms with Gasteiger partial charge in [-0.15, -0.1) is 0 Å². The van der Waals surface area contributed by atoms with Gasteiger partial charge in [0, 0.05) is 31.2 Å². The Labute approximate surface area is 203 Å². The predicted octanol–water partition coefficient (Wildman–Crippen LogP) is 5.43. The zero-order chi connectivity index (χ0) is 23.7. The van der Waals surface area contributed by atoms with Crippen LogP contribution < -0.4 is 4.74 Å². The van der Waals surface area contributed by atoms with E-state index in [1.165, 1.54) is 11.6 Å². The molecule has 0 radical (unpaired) electrons. The largest absolute Gasteiger partial charge is 0.457 e. The second kappa shape index (κ2) is 9.60. The van der Waals surface area contributed by atoms with E-state index in [0.29, 0.717) is 42.2 Å². The summed E-state index contributed by atoms with van der Waals surface area (Å²) in [6, 6.07) is 16.6. The molecule has 1 saturated heterocycles. The highest BCUT2D eigenvalue weighted by atomic mass is 35.5. The Morgan fingerprint density at radius 1 is 1.03 bits per heavy atom. The molecular formula is C26H26ClN3O4. The Kier molecular flexibility index (Phi) is 6.39. The summed E-state index contributed by atoms with van der Waals surface area (Å²) in [5.74, 6) is 2.20. The molecule has 1 aliphatic carbocycles. The van der Waals surface area contributed by atoms with Gasteiger partial charge < -0.3 is 14.4 Å². The second-order valence-corrected chi connectivity index (χ2v) is 9.45. The van der Waals surface area contributed by atoms with Crippen molar-refractivity contribution >= 4 is 23.4 Å². The minimum Gasteiger partial charge on any atom is -0.457 e. The topological polar surface area (TPSA) is 73.7 Å². The molecule has 7 nitrogen and oxygen atoms in total. The number of ketones is 1. The summed E-state index contributed by atoms with van der Waals surface area (Å²) >= 11 is 5.93. The lowest BCUT2D eigenvalue weighted by Crippen LogP contribution is -2.34. The predicted molar refractivity (Wildman–Crippen MR) is 127 cm³/mol. The van der Waals surface area contributed by atoms with E-state index < -0.39 is 0 Å². The molecule has 1 aromatic heterocycles. The minimum absolute atomic E-state index is 0.146. The first-order chi connectivity index (χ1) is 16.4. The van der Waals surface area contributed by atoms with E-state index >= 15 is 0 Å². The van der Waals surface area contributed by atoms with E-state index in [4.69, 9.17) is 21.1 Å². The van der Waals surface area contributed by atoms with E-state index in [-0.39, 0.29) is 17.9 Å². The summed E-state index contributed by atoms with van der Waals surface area (Å²) in [6.07, 6.45) is 3.62. The molecule has 8 heteroatoms. The third-order valence-corrected chi connectivity index (χ3v) is 6.81. The highest BCUT2D eigenvalue weighted by Gasteiger charge is 2.43. The van der Waals surface area contributed by atoms with Crippen molar-refractivity contribution in [1.82, 2.24) is 14.7 Å². The van der Waals surface area contributed by atoms with Crippen LogP contribution in [0.1, 0.15) is 35.8 Å². The van der Waals surface area contributed by atoms with Crippen LogP contribution >= 0.6 is 11.6 Å². The van der Waals surface area contributed by atoms with Crippen LogP contribution in [-0.4, -0.2) is 45.7 Å². The number of nitrogens with zero attached hydrogens (tertiary/aromatic N) is 3. The van der Waals surface area contributed by atoms with Gasteiger partial charge in [0.1, 0.15) is 17.2 Å². The van der Waals surface area contributed by atoms with E-state index in [0.717, 1.165) is 29.9 Å². The number of ether oxygens (including phenoxy) is 2. The number of likely N-dealkylation sites (tertiary alicyclic amines) is 1. The molecule has 1 unspecified atom stereocenters. The third kappa shape index (κ3) is 5.00. The molecule has 3 atom stereocenters. The standard InChI is InChI=1S/C26H26ClN3O4/c1-17(31)25-9-10-30(28-25)26(32)29-14-19-12-24(13-20(19)15-29)33-16-18-3-2-4-23(11-18)34-22-7-5-21(27)6-8-22/h2-11,19-20,24H,12-16H2,1H3/t19-,20+,24?. The van der Waals surface area contributed by atoms with Crippen LogP contribution in [-0.2, 0) is 11.3 Å². The van der Waals surface area contributed by atoms with Crippen molar-refractivity contribution in [3.05, 3.63) is 77.1 Å². The van der Waals surface area contributed by atoms with Crippen molar-refractivity contribution < 1.29 is 19.1 Å². The Bertz CT molecular complexity index is 1180. The van der Waals surface area contributed by atoms with Crippen molar-refractivity contribution in [2.75, 3.05) is 13.1 Å². The molecule has 176 valence electrons. The second-order valence-electron chi connectivity index (χ2n) is 9.02. The Morgan fingerprint density at radius 2 is 1.76 bits per heavy atom. The maximum atomic E-state index is 12.8. The number of hydrogen-bond donors (Lipinski definition) is 0. The molecule has 0 N–H and O–H groups in total. The Balaban J connectivity index is 1.11. The van der Waals surface area contributed by atoms with Gasteiger partial charge in [0.25, 0.3) is 0 Å². The number of rotatable bonds is 6. The first-order valence-corrected chi connectivity index (χ1v) is 11.8. The molecule has 1 aliphatic heterocycles. The monoisotopic (exact) mass is 479 g/mol. The summed E-state index contributed by atoms with van der Waals surface area (Å²) in [5.41, 5.74) is 1.36. The fourth-order valence-corrected chi connectivity index (χ4v) is 4.98. The summed E-state index contributed by atoms with van der Waals surface area (Å²) in [5, 5.41) is 4.77. The molecule has 0 spiro atoms. The molecule has 2 aromatic carbocycles. The zero-order valence-corrected chi connectivity index (χ0v) is 19.6. The van der Waals surface area contributed by atoms with E-state index in [1.807, 2.05) is 41.3 Å². The number of carbonyl (C=O) groups excluding carboxylic acids is 2. The van der Waals surface area contributed by atoms with E-state index in [2.05, 4.69) is 5.10 Å². The van der Waals surface area contributed by atoms with Gasteiger partial charge in [-0.3, -0.25) is 4.79 Å². The van der Waals surface area contributed by atoms with Crippen LogP contribution in [0.5, 0.6) is 11.5 Å². The lowest BCUT2D eigenvalue weighted by atomic mass is 10.0. The first kappa shape index (κ1) is 22.6. The minimum atomic E-state index is -0.170. The van der Waals surface area contributed by atoms with E-state index in [9.17, 15) is 9.59 Å². The zero-order valence-electron chi connectivity index (χ0n) is 18.9. The highest BCUT2D eigenvalue weighted by molar-refractivity contribution is 6.30. The molecule has 2 aliphatic rings. The smallest absolute Gasteiger partial charge is 0.344 e. The van der Waals surface area contributed by atoms with Crippen LogP contribution in [0.3, 0.4) is 0 Å². The summed E-state index contributed by atoms with van der Waals surface area (Å²) < 4.78 is 13.4. The lowest BCUT2D eigenvalue weighted by Gasteiger charge is -2.19. The Morgan fingerprint density at radius 3 is 2.44 bits per heavy atom. The maximum Gasteiger partial charge on any atom is 0.344 e. The first-order valence-electron chi connectivity index (χ1n) is 11.4. The molecular weight excluding hydrogens is 454 g/mol. The van der Waals surface area contributed by atoms with Crippen molar-refractivity contribution in [3.63, 3.8) is 0 Å². The highest BCUT2D eigenvalue weighted by Crippen LogP contribution is 2.40. The SMILES string of the molecule is CC(=O)c1ccn(C(=O)N2C[C@H]3CC(OCc4cccc(Oc5ccc(Cl)cc5)c4)C[C@H]3C2)n1. The molecule has 3 aromatic rings. The summed E-state index contributed by atoms with van der Waals surface area (Å²) in [7, 11) is 0. The van der Waals surface area contributed by atoms with Crippen LogP contribution in [0.25, 0.3) is 0 Å². The van der Waals surface area contributed by atoms with Crippen molar-refractivity contribution in [3.8, 4) is 11.5 Å². The molecule has 1 amide bonds. The average molecular weight is 480 g/mol. The molecule has 0 bridgehead atoms. The van der Waals surface area contributed by atoms with Crippen molar-refractivity contribution in [2.24, 2.45) is 11.8 Å². The molecule has 2 heterocycles. The van der Waals surface area contributed by atoms with Gasteiger partial charge in [-0.2, -0.15) is 9.78 Å². The number of carbonyl (C=O) groups is 2. The molecule has 34 heavy (non-hydrogen) atoms. The number of hydrogen-bond acceptors (Lipinski definition) is 5. The van der Waals surface area contributed by atoms with Gasteiger partial charge in [-0.1, -0.05) is 23.7 Å². The van der Waals surface area contributed by atoms with Crippen LogP contribution in [0.2, 0.25) is 5.02 Å². The van der Waals surface area contributed by atoms with Gasteiger partial charge in [-0.05, 0) is 72.7 Å². The number of benzene rings is 2. The summed E-state index contributed by atoms with van der Waals surface area (Å²) in [6.45, 7) is 3.36. The average Bonchev–Trinajstić information content (AvgIpc) is 3.54. The fraction of sp³-hybridized carbons (Fsp3) is 0.346. The third-order valence-electron chi connectivity index (χ3n) is 6.56. The van der Waals surface area contributed by atoms with Crippen molar-refractivity contribution in [2.45, 2.75) is 32.5 Å². The molecule has 2 fully saturated rings. The molecule has 5 rings (SSSR count). The summed E-state index contributed by atoms with van der Waals surface area (Å²) in [4.78, 5) is 26.0. The lowest BCUT2D eigenvalue weighted by molar-refractivity contribution is 0.0383. The normalized spacial score (nSPS) is 21.5. The van der Waals surface area contributed by atoms with E-state index in [1.54, 1.807) is 24.4 Å². The number of halogens is 1. The number of amides is 1. The van der Waals surface area contributed by atoms with Gasteiger partial charge in [0.05, 0.1) is 12.7 Å². The number of Topliss-reactive ketones (excluding diaryl/α,β-unsaturated/α-hetero) is 1. The number of aromatic nitrogens is 2. The fourth-order valence-electron chi connectivity index (χ4n) is 4.85. The quantitative estimate of drug-likeness (QED) is 0.441. The van der Waals surface area contributed by atoms with Gasteiger partial charge in [-0.25, -0.2) is 4.79 Å². The van der Waals surface area contributed by atoms with Crippen molar-refractivity contribution in [1.29, 1.82) is 0 Å².